The molecular weight excluding hydrogens is 272 g/mol. The van der Waals surface area contributed by atoms with E-state index in [0.29, 0.717) is 11.8 Å². The Morgan fingerprint density at radius 2 is 1.91 bits per heavy atom. The Hall–Kier alpha value is -2.75. The van der Waals surface area contributed by atoms with E-state index in [0.717, 1.165) is 5.65 Å². The third-order valence-corrected chi connectivity index (χ3v) is 4.63. The molecule has 3 aromatic heterocycles. The fourth-order valence-electron chi connectivity index (χ4n) is 3.50. The Labute approximate surface area is 127 Å². The van der Waals surface area contributed by atoms with E-state index in [1.54, 1.807) is 0 Å². The lowest BCUT2D eigenvalue weighted by Crippen LogP contribution is -1.95. The number of aromatic nitrogens is 4. The van der Waals surface area contributed by atoms with Crippen LogP contribution < -0.4 is 0 Å². The summed E-state index contributed by atoms with van der Waals surface area (Å²) in [7, 11) is 0. The first-order chi connectivity index (χ1) is 10.9. The second kappa shape index (κ2) is 4.37. The van der Waals surface area contributed by atoms with Gasteiger partial charge in [0.1, 0.15) is 0 Å². The van der Waals surface area contributed by atoms with Crippen LogP contribution >= 0.6 is 0 Å². The predicted molar refractivity (Wildman–Crippen MR) is 84.8 cm³/mol. The molecule has 4 heteroatoms. The quantitative estimate of drug-likeness (QED) is 0.566. The van der Waals surface area contributed by atoms with E-state index in [1.165, 1.54) is 28.3 Å². The third-order valence-electron chi connectivity index (χ3n) is 4.63. The first-order valence-corrected chi connectivity index (χ1v) is 7.53. The van der Waals surface area contributed by atoms with Crippen LogP contribution in [0.2, 0.25) is 0 Å². The lowest BCUT2D eigenvalue weighted by atomic mass is 10.00. The first kappa shape index (κ1) is 11.9. The van der Waals surface area contributed by atoms with Gasteiger partial charge in [-0.3, -0.25) is 4.98 Å². The van der Waals surface area contributed by atoms with Crippen LogP contribution in [0.5, 0.6) is 0 Å². The number of nitrogens with zero attached hydrogens (tertiary/aromatic N) is 4. The Morgan fingerprint density at radius 1 is 0.955 bits per heavy atom. The fraction of sp³-hybridized carbons (Fsp3) is 0.167. The Morgan fingerprint density at radius 3 is 2.91 bits per heavy atom. The second-order valence-corrected chi connectivity index (χ2v) is 5.87. The molecule has 0 bridgehead atoms. The molecule has 22 heavy (non-hydrogen) atoms. The predicted octanol–water partition coefficient (Wildman–Crippen LogP) is 3.55. The van der Waals surface area contributed by atoms with Gasteiger partial charge in [-0.15, -0.1) is 0 Å². The molecule has 1 aliphatic rings. The molecule has 1 saturated carbocycles. The summed E-state index contributed by atoms with van der Waals surface area (Å²) in [6, 6.07) is 10.7. The van der Waals surface area contributed by atoms with Crippen molar-refractivity contribution in [1.82, 2.24) is 19.6 Å². The average molecular weight is 286 g/mol. The van der Waals surface area contributed by atoms with Gasteiger partial charge in [-0.1, -0.05) is 18.2 Å². The van der Waals surface area contributed by atoms with Crippen molar-refractivity contribution in [2.24, 2.45) is 0 Å². The molecule has 2 atom stereocenters. The third kappa shape index (κ3) is 1.67. The molecule has 0 aliphatic heterocycles. The van der Waals surface area contributed by atoms with Crippen LogP contribution in [0, 0.1) is 0 Å². The molecule has 4 aromatic rings. The maximum Gasteiger partial charge on any atom is 0.156 e. The van der Waals surface area contributed by atoms with E-state index in [4.69, 9.17) is 0 Å². The van der Waals surface area contributed by atoms with Crippen molar-refractivity contribution in [2.75, 3.05) is 0 Å². The Balaban J connectivity index is 1.60. The van der Waals surface area contributed by atoms with Crippen LogP contribution in [-0.4, -0.2) is 19.6 Å². The summed E-state index contributed by atoms with van der Waals surface area (Å²) in [5.74, 6) is 1.10. The number of hydrogen-bond donors (Lipinski definition) is 0. The number of hydrogen-bond acceptors (Lipinski definition) is 3. The molecule has 1 aliphatic carbocycles. The molecule has 0 saturated heterocycles. The topological polar surface area (TPSA) is 43.1 Å². The SMILES string of the molecule is c1cc([C@H]2C[C@@H]2c2ccnn3ccnc23)c2ccncc2c1. The Bertz CT molecular complexity index is 983. The van der Waals surface area contributed by atoms with Crippen molar-refractivity contribution >= 4 is 16.4 Å². The average Bonchev–Trinajstić information content (AvgIpc) is 3.21. The maximum atomic E-state index is 4.46. The lowest BCUT2D eigenvalue weighted by Gasteiger charge is -2.06. The monoisotopic (exact) mass is 286 g/mol. The van der Waals surface area contributed by atoms with Crippen molar-refractivity contribution in [3.8, 4) is 0 Å². The van der Waals surface area contributed by atoms with E-state index < -0.39 is 0 Å². The highest BCUT2D eigenvalue weighted by Gasteiger charge is 2.41. The van der Waals surface area contributed by atoms with Crippen LogP contribution in [0.4, 0.5) is 0 Å². The molecule has 1 fully saturated rings. The van der Waals surface area contributed by atoms with Gasteiger partial charge in [-0.05, 0) is 41.3 Å². The molecule has 3 heterocycles. The van der Waals surface area contributed by atoms with Crippen LogP contribution in [0.15, 0.2) is 61.3 Å². The van der Waals surface area contributed by atoms with Crippen LogP contribution in [0.1, 0.15) is 29.4 Å². The number of benzene rings is 1. The van der Waals surface area contributed by atoms with E-state index in [9.17, 15) is 0 Å². The van der Waals surface area contributed by atoms with Gasteiger partial charge >= 0.3 is 0 Å². The number of pyridine rings is 1. The zero-order chi connectivity index (χ0) is 14.5. The molecule has 106 valence electrons. The normalized spacial score (nSPS) is 20.5. The summed E-state index contributed by atoms with van der Waals surface area (Å²) >= 11 is 0. The summed E-state index contributed by atoms with van der Waals surface area (Å²) < 4.78 is 1.86. The molecule has 5 rings (SSSR count). The van der Waals surface area contributed by atoms with Crippen molar-refractivity contribution in [3.05, 3.63) is 72.4 Å². The zero-order valence-electron chi connectivity index (χ0n) is 11.9. The number of rotatable bonds is 2. The molecule has 0 unspecified atom stereocenters. The van der Waals surface area contributed by atoms with Crippen molar-refractivity contribution in [2.45, 2.75) is 18.3 Å². The summed E-state index contributed by atoms with van der Waals surface area (Å²) in [5.41, 5.74) is 3.71. The van der Waals surface area contributed by atoms with Crippen molar-refractivity contribution < 1.29 is 0 Å². The van der Waals surface area contributed by atoms with E-state index in [1.807, 2.05) is 35.5 Å². The van der Waals surface area contributed by atoms with Gasteiger partial charge in [-0.2, -0.15) is 5.10 Å². The van der Waals surface area contributed by atoms with Gasteiger partial charge in [0.25, 0.3) is 0 Å². The van der Waals surface area contributed by atoms with Gasteiger partial charge in [-0.25, -0.2) is 9.50 Å². The molecule has 0 spiro atoms. The van der Waals surface area contributed by atoms with Gasteiger partial charge in [0.2, 0.25) is 0 Å². The second-order valence-electron chi connectivity index (χ2n) is 5.87. The highest BCUT2D eigenvalue weighted by molar-refractivity contribution is 5.86. The van der Waals surface area contributed by atoms with Crippen LogP contribution in [0.25, 0.3) is 16.4 Å². The minimum atomic E-state index is 0.534. The van der Waals surface area contributed by atoms with E-state index in [2.05, 4.69) is 45.4 Å². The minimum Gasteiger partial charge on any atom is -0.264 e. The highest BCUT2D eigenvalue weighted by atomic mass is 15.2. The van der Waals surface area contributed by atoms with Crippen LogP contribution in [0.3, 0.4) is 0 Å². The van der Waals surface area contributed by atoms with Gasteiger partial charge in [0.05, 0.1) is 0 Å². The molecular formula is C18H14N4. The molecule has 0 amide bonds. The first-order valence-electron chi connectivity index (χ1n) is 7.53. The molecule has 0 radical (unpaired) electrons. The number of fused-ring (bicyclic) bond motifs is 2. The van der Waals surface area contributed by atoms with E-state index >= 15 is 0 Å². The Kier molecular flexibility index (Phi) is 2.36. The smallest absolute Gasteiger partial charge is 0.156 e. The molecule has 0 N–H and O–H groups in total. The van der Waals surface area contributed by atoms with E-state index in [-0.39, 0.29) is 0 Å². The van der Waals surface area contributed by atoms with Crippen molar-refractivity contribution in [1.29, 1.82) is 0 Å². The largest absolute Gasteiger partial charge is 0.264 e. The van der Waals surface area contributed by atoms with Gasteiger partial charge in [0, 0.05) is 41.9 Å². The lowest BCUT2D eigenvalue weighted by molar-refractivity contribution is 0.906. The summed E-state index contributed by atoms with van der Waals surface area (Å²) in [6.07, 6.45) is 10.6. The molecule has 1 aromatic carbocycles. The van der Waals surface area contributed by atoms with Crippen molar-refractivity contribution in [3.63, 3.8) is 0 Å². The zero-order valence-corrected chi connectivity index (χ0v) is 11.9. The fourth-order valence-corrected chi connectivity index (χ4v) is 3.50. The summed E-state index contributed by atoms with van der Waals surface area (Å²) in [6.45, 7) is 0. The maximum absolute atomic E-state index is 4.46. The minimum absolute atomic E-state index is 0.534. The molecule has 4 nitrogen and oxygen atoms in total. The highest BCUT2D eigenvalue weighted by Crippen LogP contribution is 2.56. The van der Waals surface area contributed by atoms with Crippen LogP contribution in [-0.2, 0) is 0 Å². The number of imidazole rings is 1. The summed E-state index contributed by atoms with van der Waals surface area (Å²) in [4.78, 5) is 8.68. The van der Waals surface area contributed by atoms with Gasteiger partial charge < -0.3 is 0 Å². The van der Waals surface area contributed by atoms with Gasteiger partial charge in [0.15, 0.2) is 5.65 Å². The standard InChI is InChI=1S/C18H14N4/c1-2-12-11-19-6-4-13(12)14(3-1)16-10-17(16)15-5-7-21-22-9-8-20-18(15)22/h1-9,11,16-17H,10H2/t16-,17-/m1/s1. The summed E-state index contributed by atoms with van der Waals surface area (Å²) in [5, 5.41) is 6.84.